The molecule has 0 bridgehead atoms. The zero-order valence-corrected chi connectivity index (χ0v) is 17.8. The number of rotatable bonds is 8. The zero-order valence-electron chi connectivity index (χ0n) is 17.8. The Morgan fingerprint density at radius 1 is 1.16 bits per heavy atom. The van der Waals surface area contributed by atoms with Crippen molar-refractivity contribution in [2.75, 3.05) is 13.6 Å². The Morgan fingerprint density at radius 2 is 1.87 bits per heavy atom. The number of nitrogens with one attached hydrogen (secondary N) is 5. The molecule has 1 aliphatic rings. The van der Waals surface area contributed by atoms with Crippen LogP contribution in [0.25, 0.3) is 0 Å². The molecule has 1 aliphatic heterocycles. The summed E-state index contributed by atoms with van der Waals surface area (Å²) in [7, 11) is 1.70. The Kier molecular flexibility index (Phi) is 7.61. The number of amidine groups is 1. The van der Waals surface area contributed by atoms with Crippen LogP contribution in [0.2, 0.25) is 0 Å². The topological polar surface area (TPSA) is 115 Å². The van der Waals surface area contributed by atoms with E-state index < -0.39 is 6.04 Å². The maximum Gasteiger partial charge on any atom is 0.242 e. The quantitative estimate of drug-likeness (QED) is 0.323. The van der Waals surface area contributed by atoms with Crippen molar-refractivity contribution in [2.45, 2.75) is 38.1 Å². The molecule has 31 heavy (non-hydrogen) atoms. The van der Waals surface area contributed by atoms with Crippen molar-refractivity contribution in [3.63, 3.8) is 0 Å². The van der Waals surface area contributed by atoms with E-state index in [1.165, 1.54) is 0 Å². The van der Waals surface area contributed by atoms with Gasteiger partial charge in [0, 0.05) is 32.1 Å². The lowest BCUT2D eigenvalue weighted by Gasteiger charge is -2.17. The first-order valence-corrected chi connectivity index (χ1v) is 10.3. The molecule has 164 valence electrons. The lowest BCUT2D eigenvalue weighted by molar-refractivity contribution is -0.129. The Labute approximate surface area is 182 Å². The number of hydrogen-bond acceptors (Lipinski definition) is 5. The van der Waals surface area contributed by atoms with E-state index in [1.54, 1.807) is 14.0 Å². The van der Waals surface area contributed by atoms with Crippen LogP contribution < -0.4 is 26.0 Å². The molecule has 1 heterocycles. The molecule has 0 aromatic heterocycles. The monoisotopic (exact) mass is 423 g/mol. The van der Waals surface area contributed by atoms with E-state index >= 15 is 0 Å². The highest BCUT2D eigenvalue weighted by molar-refractivity contribution is 5.96. The molecule has 8 nitrogen and oxygen atoms in total. The van der Waals surface area contributed by atoms with Gasteiger partial charge in [-0.2, -0.15) is 0 Å². The Bertz CT molecular complexity index is 901. The van der Waals surface area contributed by atoms with Crippen molar-refractivity contribution >= 4 is 17.6 Å². The summed E-state index contributed by atoms with van der Waals surface area (Å²) in [5.41, 5.74) is 1.69. The number of hydrogen-bond donors (Lipinski definition) is 5. The molecule has 1 saturated heterocycles. The first-order valence-electron chi connectivity index (χ1n) is 10.3. The maximum absolute atomic E-state index is 12.5. The zero-order chi connectivity index (χ0) is 22.2. The predicted octanol–water partition coefficient (Wildman–Crippen LogP) is 1.16. The minimum Gasteiger partial charge on any atom is -0.489 e. The molecular formula is C23H29N5O3. The van der Waals surface area contributed by atoms with Crippen LogP contribution in [0.15, 0.2) is 54.6 Å². The van der Waals surface area contributed by atoms with Crippen molar-refractivity contribution in [1.82, 2.24) is 21.3 Å². The predicted molar refractivity (Wildman–Crippen MR) is 119 cm³/mol. The van der Waals surface area contributed by atoms with Gasteiger partial charge in [0.25, 0.3) is 0 Å². The Hall–Kier alpha value is -3.39. The van der Waals surface area contributed by atoms with E-state index in [-0.39, 0.29) is 24.0 Å². The van der Waals surface area contributed by atoms with Gasteiger partial charge in [-0.05, 0) is 24.6 Å². The summed E-state index contributed by atoms with van der Waals surface area (Å²) in [4.78, 5) is 24.9. The molecule has 3 atom stereocenters. The average molecular weight is 424 g/mol. The molecule has 3 rings (SSSR count). The second-order valence-corrected chi connectivity index (χ2v) is 7.52. The lowest BCUT2D eigenvalue weighted by Crippen LogP contribution is -2.49. The number of benzene rings is 2. The van der Waals surface area contributed by atoms with Crippen LogP contribution in [0.5, 0.6) is 5.75 Å². The fraction of sp³-hybridized carbons (Fsp3) is 0.348. The van der Waals surface area contributed by atoms with Gasteiger partial charge in [-0.25, -0.2) is 0 Å². The van der Waals surface area contributed by atoms with Gasteiger partial charge in [-0.3, -0.25) is 15.0 Å². The molecular weight excluding hydrogens is 394 g/mol. The van der Waals surface area contributed by atoms with Gasteiger partial charge in [0.2, 0.25) is 11.8 Å². The molecule has 0 saturated carbocycles. The maximum atomic E-state index is 12.5. The summed E-state index contributed by atoms with van der Waals surface area (Å²) >= 11 is 0. The SMILES string of the molecule is CNC(=N)c1ccc(CNC(=O)[C@H](C)NC(=O)[C@H]2C[C@H](Oc3ccccc3)CN2)cc1. The first-order chi connectivity index (χ1) is 15.0. The number of carbonyl (C=O) groups is 2. The fourth-order valence-corrected chi connectivity index (χ4v) is 3.34. The van der Waals surface area contributed by atoms with Crippen molar-refractivity contribution in [1.29, 1.82) is 5.41 Å². The van der Waals surface area contributed by atoms with E-state index in [4.69, 9.17) is 10.1 Å². The van der Waals surface area contributed by atoms with Gasteiger partial charge < -0.3 is 26.0 Å². The summed E-state index contributed by atoms with van der Waals surface area (Å²) in [5, 5.41) is 19.3. The number of para-hydroxylation sites is 1. The molecule has 0 aliphatic carbocycles. The van der Waals surface area contributed by atoms with E-state index in [2.05, 4.69) is 21.3 Å². The molecule has 1 fully saturated rings. The second kappa shape index (κ2) is 10.6. The minimum atomic E-state index is -0.653. The first kappa shape index (κ1) is 22.3. The summed E-state index contributed by atoms with van der Waals surface area (Å²) < 4.78 is 5.89. The highest BCUT2D eigenvalue weighted by Gasteiger charge is 2.32. The van der Waals surface area contributed by atoms with E-state index in [0.29, 0.717) is 25.3 Å². The molecule has 5 N–H and O–H groups in total. The lowest BCUT2D eigenvalue weighted by atomic mass is 10.1. The third kappa shape index (κ3) is 6.29. The van der Waals surface area contributed by atoms with Crippen LogP contribution in [-0.2, 0) is 16.1 Å². The standard InChI is InChI=1S/C23H29N5O3/c1-15(22(29)27-13-16-8-10-17(11-9-16)21(24)25-2)28-23(30)20-12-19(14-26-20)31-18-6-4-3-5-7-18/h3-11,15,19-20,26H,12-14H2,1-2H3,(H2,24,25)(H,27,29)(H,28,30)/t15-,19-,20+/m0/s1. The van der Waals surface area contributed by atoms with Gasteiger partial charge >= 0.3 is 0 Å². The fourth-order valence-electron chi connectivity index (χ4n) is 3.34. The van der Waals surface area contributed by atoms with Gasteiger partial charge in [-0.15, -0.1) is 0 Å². The summed E-state index contributed by atoms with van der Waals surface area (Å²) in [5.74, 6) is 0.648. The van der Waals surface area contributed by atoms with Crippen LogP contribution in [0.4, 0.5) is 0 Å². The summed E-state index contributed by atoms with van der Waals surface area (Å²) in [6.07, 6.45) is 0.456. The van der Waals surface area contributed by atoms with Gasteiger partial charge in [0.15, 0.2) is 0 Å². The second-order valence-electron chi connectivity index (χ2n) is 7.52. The number of ether oxygens (including phenoxy) is 1. The van der Waals surface area contributed by atoms with E-state index in [1.807, 2.05) is 54.6 Å². The van der Waals surface area contributed by atoms with Crippen molar-refractivity contribution in [3.05, 3.63) is 65.7 Å². The van der Waals surface area contributed by atoms with Crippen LogP contribution in [0.1, 0.15) is 24.5 Å². The molecule has 2 amide bonds. The van der Waals surface area contributed by atoms with Crippen molar-refractivity contribution < 1.29 is 14.3 Å². The van der Waals surface area contributed by atoms with Crippen LogP contribution >= 0.6 is 0 Å². The van der Waals surface area contributed by atoms with Crippen molar-refractivity contribution in [3.8, 4) is 5.75 Å². The molecule has 0 radical (unpaired) electrons. The summed E-state index contributed by atoms with van der Waals surface area (Å²) in [6.45, 7) is 2.59. The Morgan fingerprint density at radius 3 is 2.55 bits per heavy atom. The highest BCUT2D eigenvalue weighted by Crippen LogP contribution is 2.17. The third-order valence-electron chi connectivity index (χ3n) is 5.16. The van der Waals surface area contributed by atoms with Crippen LogP contribution in [-0.4, -0.2) is 49.4 Å². The Balaban J connectivity index is 1.42. The number of amides is 2. The summed E-state index contributed by atoms with van der Waals surface area (Å²) in [6, 6.07) is 15.8. The normalized spacial score (nSPS) is 18.6. The van der Waals surface area contributed by atoms with E-state index in [9.17, 15) is 9.59 Å². The minimum absolute atomic E-state index is 0.0883. The molecule has 0 unspecified atom stereocenters. The molecule has 2 aromatic rings. The molecule has 2 aromatic carbocycles. The van der Waals surface area contributed by atoms with Gasteiger partial charge in [0.05, 0.1) is 6.04 Å². The molecule has 0 spiro atoms. The van der Waals surface area contributed by atoms with Crippen LogP contribution in [0.3, 0.4) is 0 Å². The number of carbonyl (C=O) groups excluding carboxylic acids is 2. The third-order valence-corrected chi connectivity index (χ3v) is 5.16. The van der Waals surface area contributed by atoms with Crippen molar-refractivity contribution in [2.24, 2.45) is 0 Å². The highest BCUT2D eigenvalue weighted by atomic mass is 16.5. The van der Waals surface area contributed by atoms with E-state index in [0.717, 1.165) is 16.9 Å². The average Bonchev–Trinajstić information content (AvgIpc) is 3.26. The van der Waals surface area contributed by atoms with Gasteiger partial charge in [-0.1, -0.05) is 42.5 Å². The smallest absolute Gasteiger partial charge is 0.242 e. The largest absolute Gasteiger partial charge is 0.489 e. The van der Waals surface area contributed by atoms with Gasteiger partial charge in [0.1, 0.15) is 23.7 Å². The molecule has 8 heteroatoms. The van der Waals surface area contributed by atoms with Crippen LogP contribution in [0, 0.1) is 5.41 Å².